The Morgan fingerprint density at radius 3 is 2.61 bits per heavy atom. The van der Waals surface area contributed by atoms with Gasteiger partial charge in [0.2, 0.25) is 6.41 Å². The molecule has 0 saturated heterocycles. The van der Waals surface area contributed by atoms with Crippen LogP contribution in [0.25, 0.3) is 0 Å². The summed E-state index contributed by atoms with van der Waals surface area (Å²) in [4.78, 5) is 13.1. The summed E-state index contributed by atoms with van der Waals surface area (Å²) in [5, 5.41) is 0. The molecular weight excluding hydrogens is 286 g/mol. The molecule has 0 fully saturated rings. The first-order valence-electron chi connectivity index (χ1n) is 7.98. The van der Waals surface area contributed by atoms with E-state index in [1.54, 1.807) is 12.0 Å². The number of methoxy groups -OCH3 is 1. The summed E-state index contributed by atoms with van der Waals surface area (Å²) >= 11 is 0. The fourth-order valence-electron chi connectivity index (χ4n) is 3.41. The molecule has 2 aromatic rings. The molecule has 3 heteroatoms. The summed E-state index contributed by atoms with van der Waals surface area (Å²) in [6.45, 7) is 5.11. The molecule has 0 bridgehead atoms. The van der Waals surface area contributed by atoms with Crippen molar-refractivity contribution in [2.45, 2.75) is 31.8 Å². The number of hydrogen-bond donors (Lipinski definition) is 0. The normalized spacial score (nSPS) is 16.9. The second-order valence-electron chi connectivity index (χ2n) is 6.81. The van der Waals surface area contributed by atoms with Crippen LogP contribution in [-0.4, -0.2) is 20.1 Å². The minimum Gasteiger partial charge on any atom is -0.376 e. The third-order valence-corrected chi connectivity index (χ3v) is 4.67. The maximum absolute atomic E-state index is 11.3. The minimum absolute atomic E-state index is 0.0123. The Hall–Kier alpha value is -2.13. The van der Waals surface area contributed by atoms with Gasteiger partial charge in [-0.2, -0.15) is 0 Å². The molecule has 23 heavy (non-hydrogen) atoms. The number of carbonyl (C=O) groups excluding carboxylic acids is 1. The Morgan fingerprint density at radius 2 is 1.96 bits per heavy atom. The van der Waals surface area contributed by atoms with Crippen LogP contribution in [0.15, 0.2) is 48.5 Å². The Labute approximate surface area is 137 Å². The van der Waals surface area contributed by atoms with E-state index in [2.05, 4.69) is 44.2 Å². The van der Waals surface area contributed by atoms with Crippen molar-refractivity contribution in [2.75, 3.05) is 18.6 Å². The average Bonchev–Trinajstić information content (AvgIpc) is 2.84. The molecule has 1 amide bonds. The standard InChI is InChI=1S/C20H23NO2/c1-20(2)13-21(14-22)18-10-9-15(11-17(18)20)12-19(23-3)16-7-5-4-6-8-16/h4-11,14,19H,12-13H2,1-3H3. The number of rotatable bonds is 5. The Kier molecular flexibility index (Phi) is 4.22. The van der Waals surface area contributed by atoms with Gasteiger partial charge in [-0.3, -0.25) is 4.79 Å². The monoisotopic (exact) mass is 309 g/mol. The number of amides is 1. The van der Waals surface area contributed by atoms with E-state index < -0.39 is 0 Å². The van der Waals surface area contributed by atoms with Crippen molar-refractivity contribution in [3.63, 3.8) is 0 Å². The number of hydrogen-bond acceptors (Lipinski definition) is 2. The molecular formula is C20H23NO2. The van der Waals surface area contributed by atoms with Crippen molar-refractivity contribution < 1.29 is 9.53 Å². The van der Waals surface area contributed by atoms with Gasteiger partial charge in [0, 0.05) is 31.2 Å². The summed E-state index contributed by atoms with van der Waals surface area (Å²) in [7, 11) is 1.75. The first-order valence-corrected chi connectivity index (χ1v) is 7.98. The zero-order valence-corrected chi connectivity index (χ0v) is 14.0. The largest absolute Gasteiger partial charge is 0.376 e. The molecule has 0 aliphatic carbocycles. The van der Waals surface area contributed by atoms with Crippen LogP contribution in [0.1, 0.15) is 36.6 Å². The van der Waals surface area contributed by atoms with Gasteiger partial charge in [-0.05, 0) is 22.8 Å². The molecule has 0 radical (unpaired) electrons. The molecule has 3 nitrogen and oxygen atoms in total. The van der Waals surface area contributed by atoms with E-state index in [0.29, 0.717) is 0 Å². The van der Waals surface area contributed by atoms with Crippen molar-refractivity contribution in [3.8, 4) is 0 Å². The molecule has 0 aromatic heterocycles. The van der Waals surface area contributed by atoms with Crippen LogP contribution in [0, 0.1) is 0 Å². The zero-order chi connectivity index (χ0) is 16.4. The third-order valence-electron chi connectivity index (χ3n) is 4.67. The van der Waals surface area contributed by atoms with E-state index in [-0.39, 0.29) is 11.5 Å². The molecule has 1 aliphatic rings. The number of fused-ring (bicyclic) bond motifs is 1. The predicted octanol–water partition coefficient (Wildman–Crippen LogP) is 3.87. The van der Waals surface area contributed by atoms with Gasteiger partial charge in [0.25, 0.3) is 0 Å². The van der Waals surface area contributed by atoms with E-state index in [1.165, 1.54) is 16.7 Å². The lowest BCUT2D eigenvalue weighted by atomic mass is 9.85. The predicted molar refractivity (Wildman–Crippen MR) is 92.8 cm³/mol. The molecule has 1 heterocycles. The van der Waals surface area contributed by atoms with Gasteiger partial charge in [0.1, 0.15) is 0 Å². The highest BCUT2D eigenvalue weighted by molar-refractivity contribution is 5.81. The van der Waals surface area contributed by atoms with E-state index in [0.717, 1.165) is 25.1 Å². The lowest BCUT2D eigenvalue weighted by molar-refractivity contribution is -0.107. The molecule has 120 valence electrons. The molecule has 0 spiro atoms. The van der Waals surface area contributed by atoms with Gasteiger partial charge in [-0.25, -0.2) is 0 Å². The van der Waals surface area contributed by atoms with Crippen molar-refractivity contribution >= 4 is 12.1 Å². The highest BCUT2D eigenvalue weighted by atomic mass is 16.5. The van der Waals surface area contributed by atoms with E-state index in [4.69, 9.17) is 4.74 Å². The Morgan fingerprint density at radius 1 is 1.22 bits per heavy atom. The average molecular weight is 309 g/mol. The highest BCUT2D eigenvalue weighted by Crippen LogP contribution is 2.40. The van der Waals surface area contributed by atoms with Crippen molar-refractivity contribution in [1.82, 2.24) is 0 Å². The SMILES string of the molecule is COC(Cc1ccc2c(c1)C(C)(C)CN2C=O)c1ccccc1. The topological polar surface area (TPSA) is 29.5 Å². The van der Waals surface area contributed by atoms with Crippen LogP contribution in [0.5, 0.6) is 0 Å². The fourth-order valence-corrected chi connectivity index (χ4v) is 3.41. The van der Waals surface area contributed by atoms with Gasteiger partial charge >= 0.3 is 0 Å². The maximum Gasteiger partial charge on any atom is 0.214 e. The van der Waals surface area contributed by atoms with Gasteiger partial charge in [-0.1, -0.05) is 56.3 Å². The summed E-state index contributed by atoms with van der Waals surface area (Å²) in [5.41, 5.74) is 4.68. The second kappa shape index (κ2) is 6.17. The van der Waals surface area contributed by atoms with E-state index in [1.807, 2.05) is 18.2 Å². The molecule has 1 aliphatic heterocycles. The smallest absolute Gasteiger partial charge is 0.214 e. The summed E-state index contributed by atoms with van der Waals surface area (Å²) in [6.07, 6.45) is 1.79. The van der Waals surface area contributed by atoms with Gasteiger partial charge in [-0.15, -0.1) is 0 Å². The Balaban J connectivity index is 1.89. The first kappa shape index (κ1) is 15.8. The molecule has 2 aromatic carbocycles. The molecule has 3 rings (SSSR count). The number of nitrogens with zero attached hydrogens (tertiary/aromatic N) is 1. The van der Waals surface area contributed by atoms with Crippen LogP contribution < -0.4 is 4.90 Å². The number of ether oxygens (including phenoxy) is 1. The number of anilines is 1. The lowest BCUT2D eigenvalue weighted by Crippen LogP contribution is -2.27. The van der Waals surface area contributed by atoms with Crippen molar-refractivity contribution in [2.24, 2.45) is 0 Å². The third kappa shape index (κ3) is 3.02. The molecule has 1 unspecified atom stereocenters. The molecule has 0 N–H and O–H groups in total. The van der Waals surface area contributed by atoms with Crippen molar-refractivity contribution in [3.05, 3.63) is 65.2 Å². The number of carbonyl (C=O) groups is 1. The summed E-state index contributed by atoms with van der Waals surface area (Å²) in [5.74, 6) is 0. The lowest BCUT2D eigenvalue weighted by Gasteiger charge is -2.20. The van der Waals surface area contributed by atoms with Crippen LogP contribution in [0.3, 0.4) is 0 Å². The minimum atomic E-state index is -0.0123. The Bertz CT molecular complexity index is 694. The first-order chi connectivity index (χ1) is 11.0. The van der Waals surface area contributed by atoms with Crippen LogP contribution in [0.4, 0.5) is 5.69 Å². The zero-order valence-electron chi connectivity index (χ0n) is 14.0. The van der Waals surface area contributed by atoms with Gasteiger partial charge in [0.15, 0.2) is 0 Å². The van der Waals surface area contributed by atoms with Crippen LogP contribution >= 0.6 is 0 Å². The van der Waals surface area contributed by atoms with Crippen LogP contribution in [0.2, 0.25) is 0 Å². The summed E-state index contributed by atoms with van der Waals surface area (Å²) in [6, 6.07) is 16.7. The molecule has 0 saturated carbocycles. The highest BCUT2D eigenvalue weighted by Gasteiger charge is 2.35. The van der Waals surface area contributed by atoms with Crippen molar-refractivity contribution in [1.29, 1.82) is 0 Å². The van der Waals surface area contributed by atoms with Gasteiger partial charge in [0.05, 0.1) is 6.10 Å². The molecule has 1 atom stereocenters. The maximum atomic E-state index is 11.3. The second-order valence-corrected chi connectivity index (χ2v) is 6.81. The van der Waals surface area contributed by atoms with Crippen LogP contribution in [-0.2, 0) is 21.4 Å². The van der Waals surface area contributed by atoms with E-state index in [9.17, 15) is 4.79 Å². The number of benzene rings is 2. The summed E-state index contributed by atoms with van der Waals surface area (Å²) < 4.78 is 5.69. The van der Waals surface area contributed by atoms with Gasteiger partial charge < -0.3 is 9.64 Å². The van der Waals surface area contributed by atoms with E-state index >= 15 is 0 Å². The fraction of sp³-hybridized carbons (Fsp3) is 0.350. The quantitative estimate of drug-likeness (QED) is 0.785.